The first-order chi connectivity index (χ1) is 6.06. The maximum Gasteiger partial charge on any atom is 0.239 e. The van der Waals surface area contributed by atoms with Gasteiger partial charge in [-0.1, -0.05) is 0 Å². The van der Waals surface area contributed by atoms with E-state index in [1.165, 1.54) is 0 Å². The van der Waals surface area contributed by atoms with Crippen LogP contribution in [0.1, 0.15) is 20.3 Å². The molecule has 4 nitrogen and oxygen atoms in total. The molecule has 0 bridgehead atoms. The minimum Gasteiger partial charge on any atom is -0.352 e. The summed E-state index contributed by atoms with van der Waals surface area (Å²) in [5.41, 5.74) is 0. The van der Waals surface area contributed by atoms with Crippen molar-refractivity contribution < 1.29 is 9.59 Å². The summed E-state index contributed by atoms with van der Waals surface area (Å²) in [6.45, 7) is 3.74. The van der Waals surface area contributed by atoms with Crippen LogP contribution in [0, 0.1) is 0 Å². The van der Waals surface area contributed by atoms with Gasteiger partial charge in [0.1, 0.15) is 0 Å². The van der Waals surface area contributed by atoms with Crippen molar-refractivity contribution in [3.05, 3.63) is 0 Å². The van der Waals surface area contributed by atoms with Gasteiger partial charge in [0.2, 0.25) is 11.8 Å². The topological polar surface area (TPSA) is 58.2 Å². The van der Waals surface area contributed by atoms with Gasteiger partial charge in [-0.25, -0.2) is 0 Å². The number of hydrogen-bond donors (Lipinski definition) is 2. The molecule has 0 rings (SSSR count). The van der Waals surface area contributed by atoms with Crippen LogP contribution in [0.2, 0.25) is 0 Å². The molecule has 0 unspecified atom stereocenters. The molecule has 13 heavy (non-hydrogen) atoms. The first-order valence-electron chi connectivity index (χ1n) is 4.18. The molecule has 2 amide bonds. The van der Waals surface area contributed by atoms with Crippen LogP contribution in [-0.2, 0) is 9.59 Å². The summed E-state index contributed by atoms with van der Waals surface area (Å²) in [6.07, 6.45) is 0.247. The Morgan fingerprint density at radius 3 is 2.38 bits per heavy atom. The van der Waals surface area contributed by atoms with Gasteiger partial charge >= 0.3 is 0 Å². The third-order valence-electron chi connectivity index (χ3n) is 1.22. The quantitative estimate of drug-likeness (QED) is 0.634. The second kappa shape index (κ2) is 6.71. The minimum absolute atomic E-state index is 0.0217. The summed E-state index contributed by atoms with van der Waals surface area (Å²) in [6, 6.07) is 0.0948. The SMILES string of the molecule is CC(C)NC(=O)CNC(=O)CCCl. The van der Waals surface area contributed by atoms with Gasteiger partial charge < -0.3 is 10.6 Å². The van der Waals surface area contributed by atoms with Crippen molar-refractivity contribution in [2.75, 3.05) is 12.4 Å². The molecule has 0 radical (unpaired) electrons. The molecule has 0 saturated carbocycles. The minimum atomic E-state index is -0.200. The molecule has 0 aliphatic rings. The standard InChI is InChI=1S/C8H15ClN2O2/c1-6(2)11-8(13)5-10-7(12)3-4-9/h6H,3-5H2,1-2H3,(H,10,12)(H,11,13). The van der Waals surface area contributed by atoms with Gasteiger partial charge in [-0.15, -0.1) is 11.6 Å². The normalized spacial score (nSPS) is 9.85. The Kier molecular flexibility index (Phi) is 6.32. The van der Waals surface area contributed by atoms with E-state index in [0.29, 0.717) is 0 Å². The number of nitrogens with one attached hydrogen (secondary N) is 2. The van der Waals surface area contributed by atoms with Gasteiger partial charge in [-0.05, 0) is 13.8 Å². The van der Waals surface area contributed by atoms with E-state index >= 15 is 0 Å². The number of rotatable bonds is 5. The predicted molar refractivity (Wildman–Crippen MR) is 51.6 cm³/mol. The molecule has 0 atom stereocenters. The first kappa shape index (κ1) is 12.2. The summed E-state index contributed by atoms with van der Waals surface area (Å²) >= 11 is 5.33. The summed E-state index contributed by atoms with van der Waals surface area (Å²) in [5, 5.41) is 5.11. The molecular formula is C8H15ClN2O2. The van der Waals surface area contributed by atoms with Crippen LogP contribution in [0.4, 0.5) is 0 Å². The van der Waals surface area contributed by atoms with Gasteiger partial charge in [0.15, 0.2) is 0 Å². The molecule has 0 heterocycles. The molecule has 2 N–H and O–H groups in total. The maximum absolute atomic E-state index is 11.0. The zero-order valence-electron chi connectivity index (χ0n) is 7.89. The molecule has 0 saturated heterocycles. The van der Waals surface area contributed by atoms with Crippen molar-refractivity contribution in [3.63, 3.8) is 0 Å². The molecule has 0 aliphatic heterocycles. The number of carbonyl (C=O) groups is 2. The van der Waals surface area contributed by atoms with E-state index in [9.17, 15) is 9.59 Å². The molecule has 76 valence electrons. The first-order valence-corrected chi connectivity index (χ1v) is 4.71. The summed E-state index contributed by atoms with van der Waals surface area (Å²) in [4.78, 5) is 21.9. The lowest BCUT2D eigenvalue weighted by atomic mass is 10.4. The number of carbonyl (C=O) groups excluding carboxylic acids is 2. The van der Waals surface area contributed by atoms with Crippen molar-refractivity contribution in [1.82, 2.24) is 10.6 Å². The van der Waals surface area contributed by atoms with E-state index in [2.05, 4.69) is 10.6 Å². The number of hydrogen-bond acceptors (Lipinski definition) is 2. The van der Waals surface area contributed by atoms with E-state index in [1.54, 1.807) is 0 Å². The van der Waals surface area contributed by atoms with Crippen LogP contribution in [0.5, 0.6) is 0 Å². The van der Waals surface area contributed by atoms with Crippen LogP contribution in [-0.4, -0.2) is 30.3 Å². The fourth-order valence-corrected chi connectivity index (χ4v) is 0.898. The van der Waals surface area contributed by atoms with Gasteiger partial charge in [0.25, 0.3) is 0 Å². The van der Waals surface area contributed by atoms with E-state index < -0.39 is 0 Å². The smallest absolute Gasteiger partial charge is 0.239 e. The molecule has 0 fully saturated rings. The van der Waals surface area contributed by atoms with Crippen LogP contribution >= 0.6 is 11.6 Å². The Balaban J connectivity index is 3.52. The largest absolute Gasteiger partial charge is 0.352 e. The lowest BCUT2D eigenvalue weighted by Gasteiger charge is -2.08. The van der Waals surface area contributed by atoms with Crippen molar-refractivity contribution in [3.8, 4) is 0 Å². The Labute approximate surface area is 83.0 Å². The Morgan fingerprint density at radius 1 is 1.31 bits per heavy atom. The number of amides is 2. The van der Waals surface area contributed by atoms with E-state index in [1.807, 2.05) is 13.8 Å². The fraction of sp³-hybridized carbons (Fsp3) is 0.750. The molecule has 0 aliphatic carbocycles. The second-order valence-corrected chi connectivity index (χ2v) is 3.32. The highest BCUT2D eigenvalue weighted by molar-refractivity contribution is 6.18. The van der Waals surface area contributed by atoms with Crippen molar-refractivity contribution >= 4 is 23.4 Å². The Morgan fingerprint density at radius 2 is 1.92 bits per heavy atom. The van der Waals surface area contributed by atoms with Gasteiger partial charge in [-0.3, -0.25) is 9.59 Å². The molecule has 0 spiro atoms. The second-order valence-electron chi connectivity index (χ2n) is 2.94. The van der Waals surface area contributed by atoms with Gasteiger partial charge in [-0.2, -0.15) is 0 Å². The van der Waals surface area contributed by atoms with Crippen molar-refractivity contribution in [2.24, 2.45) is 0 Å². The highest BCUT2D eigenvalue weighted by atomic mass is 35.5. The molecule has 0 aromatic carbocycles. The highest BCUT2D eigenvalue weighted by Crippen LogP contribution is 1.83. The van der Waals surface area contributed by atoms with Gasteiger partial charge in [0, 0.05) is 18.3 Å². The average molecular weight is 207 g/mol. The number of halogens is 1. The van der Waals surface area contributed by atoms with Crippen LogP contribution in [0.25, 0.3) is 0 Å². The molecule has 0 aromatic rings. The van der Waals surface area contributed by atoms with Crippen LogP contribution in [0.15, 0.2) is 0 Å². The van der Waals surface area contributed by atoms with E-state index in [4.69, 9.17) is 11.6 Å². The molecule has 0 aromatic heterocycles. The Hall–Kier alpha value is -0.770. The molecule has 5 heteroatoms. The lowest BCUT2D eigenvalue weighted by Crippen LogP contribution is -2.39. The van der Waals surface area contributed by atoms with E-state index in [0.717, 1.165) is 0 Å². The van der Waals surface area contributed by atoms with Crippen molar-refractivity contribution in [1.29, 1.82) is 0 Å². The summed E-state index contributed by atoms with van der Waals surface area (Å²) in [5.74, 6) is -0.107. The predicted octanol–water partition coefficient (Wildman–Crippen LogP) is 0.256. The molecular weight excluding hydrogens is 192 g/mol. The summed E-state index contributed by atoms with van der Waals surface area (Å²) < 4.78 is 0. The average Bonchev–Trinajstić information content (AvgIpc) is 2.00. The van der Waals surface area contributed by atoms with Crippen molar-refractivity contribution in [2.45, 2.75) is 26.3 Å². The third kappa shape index (κ3) is 7.59. The Bertz CT molecular complexity index is 183. The van der Waals surface area contributed by atoms with Gasteiger partial charge in [0.05, 0.1) is 6.54 Å². The maximum atomic E-state index is 11.0. The number of alkyl halides is 1. The third-order valence-corrected chi connectivity index (χ3v) is 1.41. The van der Waals surface area contributed by atoms with Crippen LogP contribution < -0.4 is 10.6 Å². The summed E-state index contributed by atoms with van der Waals surface area (Å²) in [7, 11) is 0. The fourth-order valence-electron chi connectivity index (χ4n) is 0.726. The zero-order chi connectivity index (χ0) is 10.3. The van der Waals surface area contributed by atoms with E-state index in [-0.39, 0.29) is 36.7 Å². The monoisotopic (exact) mass is 206 g/mol. The highest BCUT2D eigenvalue weighted by Gasteiger charge is 2.05. The lowest BCUT2D eigenvalue weighted by molar-refractivity contribution is -0.126. The zero-order valence-corrected chi connectivity index (χ0v) is 8.65. The van der Waals surface area contributed by atoms with Crippen LogP contribution in [0.3, 0.4) is 0 Å².